The van der Waals surface area contributed by atoms with Gasteiger partial charge in [0.2, 0.25) is 27.7 Å². The van der Waals surface area contributed by atoms with Crippen molar-refractivity contribution in [2.75, 3.05) is 6.54 Å². The molecule has 0 bridgehead atoms. The topological polar surface area (TPSA) is 162 Å². The molecule has 42 heavy (non-hydrogen) atoms. The lowest BCUT2D eigenvalue weighted by Gasteiger charge is -2.30. The molecule has 11 nitrogen and oxygen atoms in total. The monoisotopic (exact) mass is 622 g/mol. The number of aliphatic hydroxyl groups is 1. The van der Waals surface area contributed by atoms with Crippen LogP contribution in [0.5, 0.6) is 0 Å². The van der Waals surface area contributed by atoms with Crippen LogP contribution in [0.1, 0.15) is 84.5 Å². The van der Waals surface area contributed by atoms with Crippen molar-refractivity contribution in [2.24, 2.45) is 5.92 Å². The zero-order chi connectivity index (χ0) is 30.3. The Morgan fingerprint density at radius 3 is 2.57 bits per heavy atom. The molecule has 3 fully saturated rings. The van der Waals surface area contributed by atoms with Gasteiger partial charge in [0.25, 0.3) is 5.91 Å². The van der Waals surface area contributed by atoms with Crippen molar-refractivity contribution < 1.29 is 32.7 Å². The number of carbonyl (C=O) groups excluding carboxylic acids is 4. The molecule has 2 saturated carbocycles. The first kappa shape index (κ1) is 31.1. The predicted octanol–water partition coefficient (Wildman–Crippen LogP) is 1.63. The number of carbonyl (C=O) groups is 4. The maximum Gasteiger partial charge on any atom is 0.259 e. The first-order valence-corrected chi connectivity index (χ1v) is 17.5. The average Bonchev–Trinajstić information content (AvgIpc) is 3.76. The minimum atomic E-state index is -3.79. The van der Waals surface area contributed by atoms with Crippen molar-refractivity contribution in [1.82, 2.24) is 20.3 Å². The lowest BCUT2D eigenvalue weighted by atomic mass is 10.0. The molecule has 5 rings (SSSR count). The van der Waals surface area contributed by atoms with Crippen LogP contribution in [0, 0.1) is 5.92 Å². The third-order valence-corrected chi connectivity index (χ3v) is 12.3. The van der Waals surface area contributed by atoms with Crippen LogP contribution in [0.3, 0.4) is 0 Å². The van der Waals surface area contributed by atoms with E-state index in [1.807, 2.05) is 18.2 Å². The largest absolute Gasteiger partial charge is 0.385 e. The minimum Gasteiger partial charge on any atom is -0.385 e. The summed E-state index contributed by atoms with van der Waals surface area (Å²) in [6.07, 6.45) is 12.1. The number of hydrogen-bond acceptors (Lipinski definition) is 8. The summed E-state index contributed by atoms with van der Waals surface area (Å²) in [7, 11) is -3.79. The standard InChI is InChI=1S/C29H42N4O7S2/c1-28(2,38)23-15-14-22(41-23)25(35)30-20-10-7-5-3-4-6-9-18-17-29(18,27(37)32-42(39,40)19-12-13-19)31-24(34)21-11-8-16-33(21)26(20)36/h6,9,15,18-22,38H,3-5,7-8,10-14,16-17H2,1-2H3,(H,30,35)(H,31,34)(H,32,37)/b9-6-/t18?,20-,21?,22?,29+/m0/s1. The van der Waals surface area contributed by atoms with Crippen molar-refractivity contribution in [2.45, 2.75) is 118 Å². The molecule has 232 valence electrons. The van der Waals surface area contributed by atoms with E-state index in [4.69, 9.17) is 0 Å². The molecule has 0 aromatic rings. The van der Waals surface area contributed by atoms with Crippen LogP contribution in [0.4, 0.5) is 0 Å². The Balaban J connectivity index is 1.31. The Kier molecular flexibility index (Phi) is 8.84. The van der Waals surface area contributed by atoms with Crippen LogP contribution in [-0.4, -0.2) is 82.3 Å². The second-order valence-corrected chi connectivity index (χ2v) is 15.9. The zero-order valence-electron chi connectivity index (χ0n) is 24.3. The van der Waals surface area contributed by atoms with Crippen molar-refractivity contribution in [3.05, 3.63) is 23.1 Å². The third-order valence-electron chi connectivity index (χ3n) is 8.83. The van der Waals surface area contributed by atoms with Crippen LogP contribution in [0.2, 0.25) is 0 Å². The molecular weight excluding hydrogens is 580 g/mol. The quantitative estimate of drug-likeness (QED) is 0.325. The molecule has 1 saturated heterocycles. The number of rotatable bonds is 6. The molecule has 3 heterocycles. The summed E-state index contributed by atoms with van der Waals surface area (Å²) in [5.41, 5.74) is -2.41. The molecule has 3 unspecified atom stereocenters. The fourth-order valence-electron chi connectivity index (χ4n) is 6.06. The molecule has 4 amide bonds. The highest BCUT2D eigenvalue weighted by molar-refractivity contribution is 8.04. The van der Waals surface area contributed by atoms with Crippen LogP contribution in [0.15, 0.2) is 23.1 Å². The van der Waals surface area contributed by atoms with Gasteiger partial charge in [0, 0.05) is 17.4 Å². The van der Waals surface area contributed by atoms with Gasteiger partial charge in [-0.15, -0.1) is 11.8 Å². The number of thioether (sulfide) groups is 1. The van der Waals surface area contributed by atoms with Gasteiger partial charge in [0.1, 0.15) is 17.6 Å². The highest BCUT2D eigenvalue weighted by Gasteiger charge is 2.61. The summed E-state index contributed by atoms with van der Waals surface area (Å²) in [6.45, 7) is 3.70. The van der Waals surface area contributed by atoms with Gasteiger partial charge in [-0.3, -0.25) is 23.9 Å². The second-order valence-electron chi connectivity index (χ2n) is 12.7. The highest BCUT2D eigenvalue weighted by atomic mass is 32.2. The molecule has 2 aliphatic carbocycles. The maximum absolute atomic E-state index is 13.9. The normalized spacial score (nSPS) is 33.3. The van der Waals surface area contributed by atoms with Gasteiger partial charge in [-0.2, -0.15) is 0 Å². The van der Waals surface area contributed by atoms with E-state index in [0.29, 0.717) is 51.5 Å². The van der Waals surface area contributed by atoms with Crippen molar-refractivity contribution in [3.63, 3.8) is 0 Å². The van der Waals surface area contributed by atoms with Crippen LogP contribution in [-0.2, 0) is 29.2 Å². The Morgan fingerprint density at radius 1 is 1.12 bits per heavy atom. The number of allylic oxidation sites excluding steroid dienone is 2. The molecular formula is C29H42N4O7S2. The van der Waals surface area contributed by atoms with E-state index >= 15 is 0 Å². The number of sulfonamides is 1. The van der Waals surface area contributed by atoms with E-state index in [1.54, 1.807) is 13.8 Å². The van der Waals surface area contributed by atoms with E-state index < -0.39 is 55.6 Å². The molecule has 5 atom stereocenters. The fraction of sp³-hybridized carbons (Fsp3) is 0.724. The number of fused-ring (bicyclic) bond motifs is 2. The summed E-state index contributed by atoms with van der Waals surface area (Å²) in [4.78, 5) is 56.3. The smallest absolute Gasteiger partial charge is 0.259 e. The Hall–Kier alpha value is -2.38. The lowest BCUT2D eigenvalue weighted by molar-refractivity contribution is -0.142. The first-order chi connectivity index (χ1) is 19.8. The summed E-state index contributed by atoms with van der Waals surface area (Å²) >= 11 is 1.30. The fourth-order valence-corrected chi connectivity index (χ4v) is 8.58. The first-order valence-electron chi connectivity index (χ1n) is 15.1. The van der Waals surface area contributed by atoms with Crippen molar-refractivity contribution in [3.8, 4) is 0 Å². The van der Waals surface area contributed by atoms with E-state index in [-0.39, 0.29) is 17.7 Å². The number of amides is 4. The van der Waals surface area contributed by atoms with E-state index in [2.05, 4.69) is 15.4 Å². The predicted molar refractivity (Wildman–Crippen MR) is 158 cm³/mol. The van der Waals surface area contributed by atoms with Crippen LogP contribution in [0.25, 0.3) is 0 Å². The number of nitrogens with one attached hydrogen (secondary N) is 3. The minimum absolute atomic E-state index is 0.275. The molecule has 0 radical (unpaired) electrons. The van der Waals surface area contributed by atoms with E-state index in [0.717, 1.165) is 30.6 Å². The molecule has 5 aliphatic rings. The van der Waals surface area contributed by atoms with Gasteiger partial charge in [0.15, 0.2) is 0 Å². The van der Waals surface area contributed by atoms with Crippen molar-refractivity contribution >= 4 is 45.4 Å². The van der Waals surface area contributed by atoms with E-state index in [1.165, 1.54) is 16.7 Å². The second kappa shape index (κ2) is 12.0. The highest BCUT2D eigenvalue weighted by Crippen LogP contribution is 2.46. The zero-order valence-corrected chi connectivity index (χ0v) is 25.9. The van der Waals surface area contributed by atoms with Crippen LogP contribution < -0.4 is 15.4 Å². The average molecular weight is 623 g/mol. The Bertz CT molecular complexity index is 1290. The Morgan fingerprint density at radius 2 is 1.88 bits per heavy atom. The molecule has 3 aliphatic heterocycles. The Labute approximate surface area is 251 Å². The molecule has 0 spiro atoms. The van der Waals surface area contributed by atoms with E-state index in [9.17, 15) is 32.7 Å². The molecule has 0 aromatic carbocycles. The van der Waals surface area contributed by atoms with Gasteiger partial charge in [-0.1, -0.05) is 31.1 Å². The number of hydrogen-bond donors (Lipinski definition) is 4. The maximum atomic E-state index is 13.9. The van der Waals surface area contributed by atoms with Gasteiger partial charge >= 0.3 is 0 Å². The van der Waals surface area contributed by atoms with Gasteiger partial charge in [0.05, 0.1) is 16.1 Å². The molecule has 4 N–H and O–H groups in total. The summed E-state index contributed by atoms with van der Waals surface area (Å²) < 4.78 is 27.3. The molecule has 0 aromatic heterocycles. The van der Waals surface area contributed by atoms with Gasteiger partial charge in [-0.05, 0) is 71.6 Å². The summed E-state index contributed by atoms with van der Waals surface area (Å²) in [5, 5.41) is 15.1. The lowest BCUT2D eigenvalue weighted by Crippen LogP contribution is -2.58. The van der Waals surface area contributed by atoms with Gasteiger partial charge in [-0.25, -0.2) is 8.42 Å². The third kappa shape index (κ3) is 6.72. The summed E-state index contributed by atoms with van der Waals surface area (Å²) in [6, 6.07) is -1.62. The van der Waals surface area contributed by atoms with Gasteiger partial charge < -0.3 is 20.6 Å². The summed E-state index contributed by atoms with van der Waals surface area (Å²) in [5.74, 6) is -2.14. The SMILES string of the molecule is CC(C)(O)C1=CCC(C(=O)N[C@H]2CCCCC/C=C\C3C[C@@]3(C(=O)NS(=O)(=O)C3CC3)NC(=O)C3CCCN3C2=O)S1. The molecule has 13 heteroatoms. The number of nitrogens with zero attached hydrogens (tertiary/aromatic N) is 1. The van der Waals surface area contributed by atoms with Crippen LogP contribution >= 0.6 is 11.8 Å². The van der Waals surface area contributed by atoms with Crippen molar-refractivity contribution in [1.29, 1.82) is 0 Å².